The molecular formula is C13H16N4OS. The third-order valence-electron chi connectivity index (χ3n) is 4.07. The Morgan fingerprint density at radius 3 is 2.95 bits per heavy atom. The summed E-state index contributed by atoms with van der Waals surface area (Å²) in [5.41, 5.74) is 1.04. The van der Waals surface area contributed by atoms with Gasteiger partial charge < -0.3 is 9.84 Å². The second kappa shape index (κ2) is 4.70. The number of likely N-dealkylation sites (tertiary alicyclic amines) is 1. The van der Waals surface area contributed by atoms with Crippen LogP contribution in [0.3, 0.4) is 0 Å². The van der Waals surface area contributed by atoms with Crippen LogP contribution in [0.15, 0.2) is 21.3 Å². The molecule has 19 heavy (non-hydrogen) atoms. The molecule has 1 N–H and O–H groups in total. The van der Waals surface area contributed by atoms with Crippen molar-refractivity contribution in [1.82, 2.24) is 20.4 Å². The van der Waals surface area contributed by atoms with Gasteiger partial charge >= 0.3 is 0 Å². The summed E-state index contributed by atoms with van der Waals surface area (Å²) in [4.78, 5) is 6.91. The Hall–Kier alpha value is -1.24. The Balaban J connectivity index is 1.44. The lowest BCUT2D eigenvalue weighted by molar-refractivity contribution is 0.253. The molecule has 6 heteroatoms. The van der Waals surface area contributed by atoms with E-state index >= 15 is 0 Å². The van der Waals surface area contributed by atoms with Gasteiger partial charge in [-0.3, -0.25) is 4.90 Å². The van der Waals surface area contributed by atoms with Crippen molar-refractivity contribution >= 4 is 11.3 Å². The van der Waals surface area contributed by atoms with Gasteiger partial charge in [-0.2, -0.15) is 16.3 Å². The minimum absolute atomic E-state index is 0.706. The van der Waals surface area contributed by atoms with Crippen LogP contribution in [0.5, 0.6) is 0 Å². The van der Waals surface area contributed by atoms with E-state index in [9.17, 15) is 0 Å². The van der Waals surface area contributed by atoms with Crippen LogP contribution >= 0.6 is 11.3 Å². The summed E-state index contributed by atoms with van der Waals surface area (Å²) >= 11 is 1.65. The maximum absolute atomic E-state index is 5.36. The quantitative estimate of drug-likeness (QED) is 0.919. The summed E-state index contributed by atoms with van der Waals surface area (Å²) in [6.45, 7) is 5.39. The molecule has 2 atom stereocenters. The molecule has 2 aliphatic heterocycles. The second-order valence-electron chi connectivity index (χ2n) is 5.40. The van der Waals surface area contributed by atoms with Crippen LogP contribution in [0.1, 0.15) is 5.89 Å². The Kier molecular flexibility index (Phi) is 2.86. The molecule has 0 saturated carbocycles. The van der Waals surface area contributed by atoms with Crippen LogP contribution in [-0.4, -0.2) is 41.2 Å². The number of fused-ring (bicyclic) bond motifs is 1. The van der Waals surface area contributed by atoms with Gasteiger partial charge in [0.05, 0.1) is 6.54 Å². The van der Waals surface area contributed by atoms with Gasteiger partial charge in [0.1, 0.15) is 0 Å². The highest BCUT2D eigenvalue weighted by Gasteiger charge is 2.36. The average molecular weight is 276 g/mol. The standard InChI is InChI=1S/C13H16N4OS/c1-2-19-8-9(1)13-15-12(18-16-13)7-17-5-10-3-14-4-11(10)6-17/h1-2,8,10-11,14H,3-7H2. The number of aromatic nitrogens is 2. The molecule has 0 radical (unpaired) electrons. The zero-order chi connectivity index (χ0) is 12.7. The lowest BCUT2D eigenvalue weighted by atomic mass is 10.0. The predicted molar refractivity (Wildman–Crippen MR) is 72.7 cm³/mol. The zero-order valence-electron chi connectivity index (χ0n) is 10.6. The van der Waals surface area contributed by atoms with E-state index in [1.54, 1.807) is 11.3 Å². The van der Waals surface area contributed by atoms with Crippen molar-refractivity contribution in [3.05, 3.63) is 22.7 Å². The Morgan fingerprint density at radius 1 is 1.37 bits per heavy atom. The van der Waals surface area contributed by atoms with E-state index in [0.29, 0.717) is 5.82 Å². The zero-order valence-corrected chi connectivity index (χ0v) is 11.4. The molecule has 2 fully saturated rings. The topological polar surface area (TPSA) is 54.2 Å². The second-order valence-corrected chi connectivity index (χ2v) is 6.18. The first kappa shape index (κ1) is 11.6. The SMILES string of the molecule is c1cc(-c2noc(CN3CC4CNCC4C3)n2)cs1. The number of hydrogen-bond acceptors (Lipinski definition) is 6. The maximum Gasteiger partial charge on any atom is 0.241 e. The monoisotopic (exact) mass is 276 g/mol. The third-order valence-corrected chi connectivity index (χ3v) is 4.75. The van der Waals surface area contributed by atoms with Crippen molar-refractivity contribution < 1.29 is 4.52 Å². The molecule has 2 saturated heterocycles. The number of nitrogens with one attached hydrogen (secondary N) is 1. The Morgan fingerprint density at radius 2 is 2.21 bits per heavy atom. The highest BCUT2D eigenvalue weighted by atomic mass is 32.1. The molecule has 0 aliphatic carbocycles. The molecule has 0 amide bonds. The van der Waals surface area contributed by atoms with Gasteiger partial charge in [-0.25, -0.2) is 0 Å². The summed E-state index contributed by atoms with van der Waals surface area (Å²) < 4.78 is 5.36. The Labute approximate surface area is 115 Å². The maximum atomic E-state index is 5.36. The largest absolute Gasteiger partial charge is 0.338 e. The minimum atomic E-state index is 0.706. The first-order chi connectivity index (χ1) is 9.38. The van der Waals surface area contributed by atoms with E-state index in [1.807, 2.05) is 16.8 Å². The van der Waals surface area contributed by atoms with E-state index < -0.39 is 0 Å². The van der Waals surface area contributed by atoms with Crippen molar-refractivity contribution in [2.45, 2.75) is 6.54 Å². The van der Waals surface area contributed by atoms with Gasteiger partial charge in [-0.1, -0.05) is 5.16 Å². The van der Waals surface area contributed by atoms with E-state index in [2.05, 4.69) is 20.4 Å². The van der Waals surface area contributed by atoms with Gasteiger partial charge in [-0.15, -0.1) is 0 Å². The molecule has 2 unspecified atom stereocenters. The third kappa shape index (κ3) is 2.20. The molecular weight excluding hydrogens is 260 g/mol. The fourth-order valence-electron chi connectivity index (χ4n) is 3.10. The van der Waals surface area contributed by atoms with Crippen LogP contribution < -0.4 is 5.32 Å². The molecule has 5 nitrogen and oxygen atoms in total. The van der Waals surface area contributed by atoms with Gasteiger partial charge in [0, 0.05) is 24.0 Å². The van der Waals surface area contributed by atoms with Crippen LogP contribution in [-0.2, 0) is 6.54 Å². The molecule has 4 heterocycles. The van der Waals surface area contributed by atoms with E-state index in [1.165, 1.54) is 0 Å². The first-order valence-electron chi connectivity index (χ1n) is 6.67. The van der Waals surface area contributed by atoms with Crippen molar-refractivity contribution in [3.8, 4) is 11.4 Å². The molecule has 0 bridgehead atoms. The number of nitrogens with zero attached hydrogens (tertiary/aromatic N) is 3. The van der Waals surface area contributed by atoms with Gasteiger partial charge in [0.25, 0.3) is 0 Å². The summed E-state index contributed by atoms with van der Waals surface area (Å²) in [5.74, 6) is 3.05. The molecule has 2 aliphatic rings. The first-order valence-corrected chi connectivity index (χ1v) is 7.61. The van der Waals surface area contributed by atoms with Gasteiger partial charge in [-0.05, 0) is 36.4 Å². The predicted octanol–water partition coefficient (Wildman–Crippen LogP) is 1.45. The van der Waals surface area contributed by atoms with Crippen molar-refractivity contribution in [1.29, 1.82) is 0 Å². The summed E-state index contributed by atoms with van der Waals surface area (Å²) in [6.07, 6.45) is 0. The van der Waals surface area contributed by atoms with Gasteiger partial charge in [0.15, 0.2) is 0 Å². The van der Waals surface area contributed by atoms with E-state index in [4.69, 9.17) is 4.52 Å². The summed E-state index contributed by atoms with van der Waals surface area (Å²) in [6, 6.07) is 2.02. The van der Waals surface area contributed by atoms with Crippen LogP contribution in [0.2, 0.25) is 0 Å². The fourth-order valence-corrected chi connectivity index (χ4v) is 3.74. The molecule has 2 aromatic heterocycles. The van der Waals surface area contributed by atoms with Crippen molar-refractivity contribution in [3.63, 3.8) is 0 Å². The molecule has 0 aromatic carbocycles. The number of hydrogen-bond donors (Lipinski definition) is 1. The molecule has 2 aromatic rings. The molecule has 0 spiro atoms. The number of rotatable bonds is 3. The van der Waals surface area contributed by atoms with Crippen molar-refractivity contribution in [2.75, 3.05) is 26.2 Å². The van der Waals surface area contributed by atoms with Crippen LogP contribution in [0, 0.1) is 11.8 Å². The highest BCUT2D eigenvalue weighted by Crippen LogP contribution is 2.27. The minimum Gasteiger partial charge on any atom is -0.338 e. The molecule has 100 valence electrons. The van der Waals surface area contributed by atoms with Crippen LogP contribution in [0.25, 0.3) is 11.4 Å². The normalized spacial score (nSPS) is 26.9. The fraction of sp³-hybridized carbons (Fsp3) is 0.538. The number of thiophene rings is 1. The van der Waals surface area contributed by atoms with E-state index in [-0.39, 0.29) is 0 Å². The lowest BCUT2D eigenvalue weighted by Crippen LogP contribution is -2.25. The lowest BCUT2D eigenvalue weighted by Gasteiger charge is -2.13. The van der Waals surface area contributed by atoms with Crippen LogP contribution in [0.4, 0.5) is 0 Å². The van der Waals surface area contributed by atoms with E-state index in [0.717, 1.165) is 56.0 Å². The van der Waals surface area contributed by atoms with Gasteiger partial charge in [0.2, 0.25) is 11.7 Å². The summed E-state index contributed by atoms with van der Waals surface area (Å²) in [5, 5.41) is 11.6. The average Bonchev–Trinajstić information content (AvgIpc) is 3.12. The van der Waals surface area contributed by atoms with Crippen molar-refractivity contribution in [2.24, 2.45) is 11.8 Å². The molecule has 4 rings (SSSR count). The Bertz CT molecular complexity index is 541. The highest BCUT2D eigenvalue weighted by molar-refractivity contribution is 7.08. The summed E-state index contributed by atoms with van der Waals surface area (Å²) in [7, 11) is 0. The smallest absolute Gasteiger partial charge is 0.241 e.